The van der Waals surface area contributed by atoms with Gasteiger partial charge in [0, 0.05) is 23.2 Å². The van der Waals surface area contributed by atoms with Crippen LogP contribution in [0.5, 0.6) is 0 Å². The molecule has 0 N–H and O–H groups in total. The van der Waals surface area contributed by atoms with E-state index in [1.54, 1.807) is 11.3 Å². The molecule has 0 saturated heterocycles. The Kier molecular flexibility index (Phi) is 2.36. The van der Waals surface area contributed by atoms with E-state index in [1.165, 1.54) is 39.4 Å². The lowest BCUT2D eigenvalue weighted by Gasteiger charge is -2.18. The summed E-state index contributed by atoms with van der Waals surface area (Å²) in [7, 11) is 0. The molecule has 1 aliphatic rings. The number of fused-ring (bicyclic) bond motifs is 6. The fourth-order valence-corrected chi connectivity index (χ4v) is 5.22. The van der Waals surface area contributed by atoms with E-state index in [1.807, 2.05) is 6.20 Å². The van der Waals surface area contributed by atoms with E-state index in [-0.39, 0.29) is 0 Å². The zero-order valence-corrected chi connectivity index (χ0v) is 13.7. The first-order valence-electron chi connectivity index (χ1n) is 8.01. The number of imidazole rings is 1. The summed E-state index contributed by atoms with van der Waals surface area (Å²) in [4.78, 5) is 6.01. The third kappa shape index (κ3) is 1.38. The van der Waals surface area contributed by atoms with Crippen LogP contribution in [-0.4, -0.2) is 9.38 Å². The normalized spacial score (nSPS) is 24.5. The molecule has 2 unspecified atom stereocenters. The van der Waals surface area contributed by atoms with Crippen LogP contribution in [0, 0.1) is 5.92 Å². The molecule has 1 aromatic carbocycles. The molecule has 110 valence electrons. The standard InChI is InChI=1S/C19H18N2S/c1-3-19(11-12(19)2)15-6-4-5-13-14-7-10-22-18(14)21-9-8-20-17(21)16(13)15/h4-10,12H,3,11H2,1-2H3. The monoisotopic (exact) mass is 306 g/mol. The summed E-state index contributed by atoms with van der Waals surface area (Å²) in [6, 6.07) is 9.08. The highest BCUT2D eigenvalue weighted by atomic mass is 32.1. The first-order valence-corrected chi connectivity index (χ1v) is 8.89. The van der Waals surface area contributed by atoms with Crippen molar-refractivity contribution in [1.29, 1.82) is 0 Å². The maximum absolute atomic E-state index is 4.71. The van der Waals surface area contributed by atoms with Crippen molar-refractivity contribution in [2.45, 2.75) is 32.1 Å². The highest BCUT2D eigenvalue weighted by molar-refractivity contribution is 7.17. The predicted molar refractivity (Wildman–Crippen MR) is 93.8 cm³/mol. The molecular formula is C19H18N2S. The van der Waals surface area contributed by atoms with Crippen LogP contribution in [0.4, 0.5) is 0 Å². The Morgan fingerprint density at radius 1 is 1.32 bits per heavy atom. The van der Waals surface area contributed by atoms with Crippen molar-refractivity contribution >= 4 is 38.0 Å². The molecule has 2 atom stereocenters. The minimum Gasteiger partial charge on any atom is -0.290 e. The topological polar surface area (TPSA) is 17.3 Å². The van der Waals surface area contributed by atoms with Gasteiger partial charge in [-0.15, -0.1) is 11.3 Å². The van der Waals surface area contributed by atoms with Gasteiger partial charge in [-0.1, -0.05) is 32.0 Å². The Hall–Kier alpha value is -1.87. The van der Waals surface area contributed by atoms with E-state index in [4.69, 9.17) is 4.98 Å². The largest absolute Gasteiger partial charge is 0.290 e. The Bertz CT molecular complexity index is 1020. The van der Waals surface area contributed by atoms with Crippen LogP contribution in [-0.2, 0) is 5.41 Å². The summed E-state index contributed by atoms with van der Waals surface area (Å²) in [5, 5.41) is 6.27. The third-order valence-electron chi connectivity index (χ3n) is 5.70. The number of hydrogen-bond acceptors (Lipinski definition) is 2. The Morgan fingerprint density at radius 2 is 2.18 bits per heavy atom. The second kappa shape index (κ2) is 4.11. The Balaban J connectivity index is 2.03. The van der Waals surface area contributed by atoms with Crippen LogP contribution >= 0.6 is 11.3 Å². The second-order valence-corrected chi connectivity index (χ2v) is 7.50. The molecule has 3 aromatic heterocycles. The van der Waals surface area contributed by atoms with Crippen LogP contribution in [0.15, 0.2) is 42.0 Å². The van der Waals surface area contributed by atoms with Crippen molar-refractivity contribution in [2.24, 2.45) is 5.92 Å². The van der Waals surface area contributed by atoms with Crippen LogP contribution in [0.2, 0.25) is 0 Å². The number of benzene rings is 1. The van der Waals surface area contributed by atoms with Crippen molar-refractivity contribution in [3.63, 3.8) is 0 Å². The van der Waals surface area contributed by atoms with E-state index >= 15 is 0 Å². The van der Waals surface area contributed by atoms with Gasteiger partial charge >= 0.3 is 0 Å². The van der Waals surface area contributed by atoms with Crippen molar-refractivity contribution in [3.05, 3.63) is 47.6 Å². The van der Waals surface area contributed by atoms with Gasteiger partial charge in [-0.3, -0.25) is 4.40 Å². The number of thiophene rings is 1. The lowest BCUT2D eigenvalue weighted by Crippen LogP contribution is -2.09. The highest BCUT2D eigenvalue weighted by Gasteiger charge is 2.51. The maximum Gasteiger partial charge on any atom is 0.146 e. The predicted octanol–water partition coefficient (Wildman–Crippen LogP) is 5.39. The van der Waals surface area contributed by atoms with Gasteiger partial charge in [-0.25, -0.2) is 4.98 Å². The molecule has 1 saturated carbocycles. The molecule has 1 aliphatic carbocycles. The highest BCUT2D eigenvalue weighted by Crippen LogP contribution is 2.58. The molecular weight excluding hydrogens is 288 g/mol. The molecule has 5 rings (SSSR count). The number of nitrogens with zero attached hydrogens (tertiary/aromatic N) is 2. The molecule has 2 nitrogen and oxygen atoms in total. The van der Waals surface area contributed by atoms with Gasteiger partial charge < -0.3 is 0 Å². The molecule has 0 bridgehead atoms. The number of rotatable bonds is 2. The van der Waals surface area contributed by atoms with Gasteiger partial charge in [0.15, 0.2) is 0 Å². The minimum absolute atomic E-state index is 0.357. The van der Waals surface area contributed by atoms with Gasteiger partial charge in [0.05, 0.1) is 0 Å². The quantitative estimate of drug-likeness (QED) is 0.485. The van der Waals surface area contributed by atoms with Crippen LogP contribution in [0.1, 0.15) is 32.3 Å². The molecule has 3 heteroatoms. The number of pyridine rings is 1. The fraction of sp³-hybridized carbons (Fsp3) is 0.316. The summed E-state index contributed by atoms with van der Waals surface area (Å²) in [6.45, 7) is 4.71. The molecule has 1 fully saturated rings. The van der Waals surface area contributed by atoms with E-state index in [0.717, 1.165) is 11.6 Å². The van der Waals surface area contributed by atoms with Gasteiger partial charge in [-0.2, -0.15) is 0 Å². The van der Waals surface area contributed by atoms with Crippen LogP contribution in [0.3, 0.4) is 0 Å². The molecule has 0 spiro atoms. The summed E-state index contributed by atoms with van der Waals surface area (Å²) in [5.41, 5.74) is 2.98. The molecule has 4 aromatic rings. The minimum atomic E-state index is 0.357. The van der Waals surface area contributed by atoms with Gasteiger partial charge in [0.1, 0.15) is 10.5 Å². The van der Waals surface area contributed by atoms with Gasteiger partial charge in [0.2, 0.25) is 0 Å². The zero-order valence-electron chi connectivity index (χ0n) is 12.8. The van der Waals surface area contributed by atoms with Crippen molar-refractivity contribution < 1.29 is 0 Å². The Morgan fingerprint density at radius 3 is 2.95 bits per heavy atom. The lowest BCUT2D eigenvalue weighted by atomic mass is 9.87. The summed E-state index contributed by atoms with van der Waals surface area (Å²) in [6.07, 6.45) is 6.54. The fourth-order valence-electron chi connectivity index (χ4n) is 4.32. The molecule has 0 aliphatic heterocycles. The SMILES string of the molecule is CCC1(c2cccc3c4ccsc4n4ccnc4c23)CC1C. The van der Waals surface area contributed by atoms with E-state index in [0.29, 0.717) is 5.41 Å². The summed E-state index contributed by atoms with van der Waals surface area (Å²) >= 11 is 1.79. The van der Waals surface area contributed by atoms with Crippen molar-refractivity contribution in [1.82, 2.24) is 9.38 Å². The van der Waals surface area contributed by atoms with E-state index in [9.17, 15) is 0 Å². The van der Waals surface area contributed by atoms with Crippen LogP contribution in [0.25, 0.3) is 26.6 Å². The summed E-state index contributed by atoms with van der Waals surface area (Å²) < 4.78 is 2.27. The summed E-state index contributed by atoms with van der Waals surface area (Å²) in [5.74, 6) is 0.774. The zero-order chi connectivity index (χ0) is 14.9. The van der Waals surface area contributed by atoms with E-state index in [2.05, 4.69) is 54.1 Å². The molecule has 0 radical (unpaired) electrons. The average molecular weight is 306 g/mol. The second-order valence-electron chi connectivity index (χ2n) is 6.60. The number of hydrogen-bond donors (Lipinski definition) is 0. The van der Waals surface area contributed by atoms with Crippen LogP contribution < -0.4 is 0 Å². The first-order chi connectivity index (χ1) is 10.8. The van der Waals surface area contributed by atoms with E-state index < -0.39 is 0 Å². The van der Waals surface area contributed by atoms with Crippen molar-refractivity contribution in [2.75, 3.05) is 0 Å². The van der Waals surface area contributed by atoms with Crippen molar-refractivity contribution in [3.8, 4) is 0 Å². The molecule has 3 heterocycles. The third-order valence-corrected chi connectivity index (χ3v) is 6.62. The molecule has 22 heavy (non-hydrogen) atoms. The lowest BCUT2D eigenvalue weighted by molar-refractivity contribution is 0.612. The molecule has 0 amide bonds. The average Bonchev–Trinajstić information content (AvgIpc) is 2.95. The van der Waals surface area contributed by atoms with Gasteiger partial charge in [-0.05, 0) is 46.6 Å². The first kappa shape index (κ1) is 12.7. The maximum atomic E-state index is 4.71. The Labute approximate surface area is 133 Å². The smallest absolute Gasteiger partial charge is 0.146 e. The van der Waals surface area contributed by atoms with Gasteiger partial charge in [0.25, 0.3) is 0 Å². The number of aromatic nitrogens is 2.